The molecule has 5 nitrogen and oxygen atoms in total. The number of nitrogens with zero attached hydrogens (tertiary/aromatic N) is 2. The molecule has 2 atom stereocenters. The van der Waals surface area contributed by atoms with Gasteiger partial charge in [-0.3, -0.25) is 9.78 Å². The summed E-state index contributed by atoms with van der Waals surface area (Å²) < 4.78 is 52.8. The van der Waals surface area contributed by atoms with Crippen molar-refractivity contribution < 1.29 is 22.4 Å². The Morgan fingerprint density at radius 3 is 2.26 bits per heavy atom. The molecule has 35 heavy (non-hydrogen) atoms. The van der Waals surface area contributed by atoms with Crippen LogP contribution in [0, 0.1) is 24.1 Å². The molecule has 1 amide bonds. The highest BCUT2D eigenvalue weighted by Crippen LogP contribution is 2.32. The minimum atomic E-state index is -4.55. The predicted octanol–water partition coefficient (Wildman–Crippen LogP) is 5.02. The van der Waals surface area contributed by atoms with E-state index in [4.69, 9.17) is 5.26 Å². The molecule has 2 N–H and O–H groups in total. The Bertz CT molecular complexity index is 1200. The molecule has 0 aliphatic rings. The quantitative estimate of drug-likeness (QED) is 0.440. The Balaban J connectivity index is 1.85. The minimum absolute atomic E-state index is 0.278. The first-order valence-corrected chi connectivity index (χ1v) is 10.9. The monoisotopic (exact) mass is 484 g/mol. The van der Waals surface area contributed by atoms with Gasteiger partial charge in [0, 0.05) is 19.2 Å². The maximum absolute atomic E-state index is 13.9. The van der Waals surface area contributed by atoms with Crippen LogP contribution in [-0.4, -0.2) is 24.5 Å². The predicted molar refractivity (Wildman–Crippen MR) is 123 cm³/mol. The summed E-state index contributed by atoms with van der Waals surface area (Å²) in [5.41, 5.74) is 1.82. The van der Waals surface area contributed by atoms with Gasteiger partial charge in [0.2, 0.25) is 5.91 Å². The molecule has 0 unspecified atom stereocenters. The summed E-state index contributed by atoms with van der Waals surface area (Å²) in [4.78, 5) is 16.1. The molecule has 9 heteroatoms. The first-order valence-electron chi connectivity index (χ1n) is 10.9. The van der Waals surface area contributed by atoms with Gasteiger partial charge in [-0.15, -0.1) is 0 Å². The van der Waals surface area contributed by atoms with Crippen molar-refractivity contribution in [3.63, 3.8) is 0 Å². The van der Waals surface area contributed by atoms with E-state index in [1.165, 1.54) is 25.4 Å². The second-order valence-electron chi connectivity index (χ2n) is 8.06. The molecule has 3 rings (SSSR count). The first kappa shape index (κ1) is 25.8. The Morgan fingerprint density at radius 2 is 1.71 bits per heavy atom. The number of hydrogen-bond donors (Lipinski definition) is 2. The van der Waals surface area contributed by atoms with E-state index in [1.807, 2.05) is 6.07 Å². The topological polar surface area (TPSA) is 77.8 Å². The Hall–Kier alpha value is -3.77. The van der Waals surface area contributed by atoms with Gasteiger partial charge in [0.25, 0.3) is 0 Å². The highest BCUT2D eigenvalue weighted by Gasteiger charge is 2.32. The standard InChI is InChI=1S/C26H24F4N4O/c1-16-13-19(7-9-22(16)27)21(20-8-10-23(34-15-20)26(28,29)30)11-12-33-24(25(35)32-2)18-5-3-17(14-31)4-6-18/h3-10,13,15,21,24,33H,11-12H2,1-2H3,(H,32,35)/t21-,24-/m0/s1. The maximum Gasteiger partial charge on any atom is 0.433 e. The van der Waals surface area contributed by atoms with Gasteiger partial charge in [-0.1, -0.05) is 30.3 Å². The van der Waals surface area contributed by atoms with E-state index in [1.54, 1.807) is 43.3 Å². The lowest BCUT2D eigenvalue weighted by Gasteiger charge is -2.22. The Morgan fingerprint density at radius 1 is 1.06 bits per heavy atom. The number of nitriles is 1. The molecule has 0 spiro atoms. The SMILES string of the molecule is CNC(=O)[C@@H](NCC[C@H](c1ccc(C(F)(F)F)nc1)c1ccc(F)c(C)c1)c1ccc(C#N)cc1. The second-order valence-corrected chi connectivity index (χ2v) is 8.06. The molecule has 1 heterocycles. The third-order valence-electron chi connectivity index (χ3n) is 5.73. The minimum Gasteiger partial charge on any atom is -0.358 e. The smallest absolute Gasteiger partial charge is 0.358 e. The first-order chi connectivity index (χ1) is 16.6. The third-order valence-corrected chi connectivity index (χ3v) is 5.73. The zero-order chi connectivity index (χ0) is 25.6. The molecule has 0 bridgehead atoms. The summed E-state index contributed by atoms with van der Waals surface area (Å²) in [6.45, 7) is 1.94. The third kappa shape index (κ3) is 6.43. The van der Waals surface area contributed by atoms with E-state index in [9.17, 15) is 22.4 Å². The van der Waals surface area contributed by atoms with Crippen LogP contribution < -0.4 is 10.6 Å². The van der Waals surface area contributed by atoms with Crippen LogP contribution in [-0.2, 0) is 11.0 Å². The number of pyridine rings is 1. The van der Waals surface area contributed by atoms with E-state index in [-0.39, 0.29) is 17.6 Å². The number of rotatable bonds is 8. The van der Waals surface area contributed by atoms with Crippen LogP contribution >= 0.6 is 0 Å². The molecule has 0 fully saturated rings. The fourth-order valence-electron chi connectivity index (χ4n) is 3.82. The lowest BCUT2D eigenvalue weighted by atomic mass is 9.88. The average Bonchev–Trinajstić information content (AvgIpc) is 2.85. The van der Waals surface area contributed by atoms with Crippen molar-refractivity contribution in [3.8, 4) is 6.07 Å². The fraction of sp³-hybridized carbons (Fsp3) is 0.269. The van der Waals surface area contributed by atoms with Gasteiger partial charge in [0.1, 0.15) is 17.6 Å². The maximum atomic E-state index is 13.9. The number of likely N-dealkylation sites (N-methyl/N-ethyl adjacent to an activating group) is 1. The zero-order valence-corrected chi connectivity index (χ0v) is 19.2. The van der Waals surface area contributed by atoms with Gasteiger partial charge < -0.3 is 10.6 Å². The molecule has 0 aliphatic heterocycles. The van der Waals surface area contributed by atoms with Crippen LogP contribution in [0.25, 0.3) is 0 Å². The van der Waals surface area contributed by atoms with Crippen molar-refractivity contribution in [1.29, 1.82) is 5.26 Å². The molecule has 3 aromatic rings. The summed E-state index contributed by atoms with van der Waals surface area (Å²) in [5, 5.41) is 14.8. The molecule has 0 saturated carbocycles. The van der Waals surface area contributed by atoms with Gasteiger partial charge in [0.05, 0.1) is 11.6 Å². The summed E-state index contributed by atoms with van der Waals surface area (Å²) in [5.74, 6) is -1.04. The summed E-state index contributed by atoms with van der Waals surface area (Å²) >= 11 is 0. The zero-order valence-electron chi connectivity index (χ0n) is 19.2. The fourth-order valence-corrected chi connectivity index (χ4v) is 3.82. The lowest BCUT2D eigenvalue weighted by Crippen LogP contribution is -2.36. The van der Waals surface area contributed by atoms with Crippen molar-refractivity contribution in [2.75, 3.05) is 13.6 Å². The molecule has 0 aliphatic carbocycles. The molecule has 1 aromatic heterocycles. The van der Waals surface area contributed by atoms with E-state index in [2.05, 4.69) is 15.6 Å². The molecule has 0 radical (unpaired) electrons. The summed E-state index contributed by atoms with van der Waals surface area (Å²) in [6, 6.07) is 14.8. The van der Waals surface area contributed by atoms with E-state index >= 15 is 0 Å². The van der Waals surface area contributed by atoms with Crippen LogP contribution in [0.1, 0.15) is 51.9 Å². The number of hydrogen-bond acceptors (Lipinski definition) is 4. The largest absolute Gasteiger partial charge is 0.433 e. The van der Waals surface area contributed by atoms with E-state index in [0.29, 0.717) is 35.2 Å². The van der Waals surface area contributed by atoms with Crippen molar-refractivity contribution in [3.05, 3.63) is 100 Å². The number of amides is 1. The number of aromatic nitrogens is 1. The van der Waals surface area contributed by atoms with Gasteiger partial charge >= 0.3 is 6.18 Å². The van der Waals surface area contributed by atoms with Crippen LogP contribution in [0.5, 0.6) is 0 Å². The number of nitrogens with one attached hydrogen (secondary N) is 2. The molecule has 182 valence electrons. The number of aryl methyl sites for hydroxylation is 1. The normalized spacial score (nSPS) is 13.1. The lowest BCUT2D eigenvalue weighted by molar-refractivity contribution is -0.141. The van der Waals surface area contributed by atoms with Crippen molar-refractivity contribution >= 4 is 5.91 Å². The summed E-state index contributed by atoms with van der Waals surface area (Å²) in [7, 11) is 1.51. The second kappa shape index (κ2) is 11.1. The van der Waals surface area contributed by atoms with Gasteiger partial charge in [0.15, 0.2) is 0 Å². The van der Waals surface area contributed by atoms with Crippen LogP contribution in [0.15, 0.2) is 60.8 Å². The number of alkyl halides is 3. The van der Waals surface area contributed by atoms with Crippen molar-refractivity contribution in [2.45, 2.75) is 31.5 Å². The van der Waals surface area contributed by atoms with Crippen LogP contribution in [0.2, 0.25) is 0 Å². The molecule has 2 aromatic carbocycles. The van der Waals surface area contributed by atoms with E-state index < -0.39 is 17.9 Å². The number of carbonyl (C=O) groups excluding carboxylic acids is 1. The van der Waals surface area contributed by atoms with Gasteiger partial charge in [-0.2, -0.15) is 18.4 Å². The number of halogens is 4. The van der Waals surface area contributed by atoms with Crippen LogP contribution in [0.4, 0.5) is 17.6 Å². The number of benzene rings is 2. The Kier molecular flexibility index (Phi) is 8.20. The van der Waals surface area contributed by atoms with Gasteiger partial charge in [-0.05, 0) is 66.4 Å². The molecule has 0 saturated heterocycles. The van der Waals surface area contributed by atoms with Crippen molar-refractivity contribution in [1.82, 2.24) is 15.6 Å². The molecular weight excluding hydrogens is 460 g/mol. The average molecular weight is 484 g/mol. The number of carbonyl (C=O) groups is 1. The Labute approximate surface area is 200 Å². The highest BCUT2D eigenvalue weighted by molar-refractivity contribution is 5.82. The summed E-state index contributed by atoms with van der Waals surface area (Å²) in [6.07, 6.45) is -2.96. The van der Waals surface area contributed by atoms with Crippen LogP contribution in [0.3, 0.4) is 0 Å². The van der Waals surface area contributed by atoms with Crippen molar-refractivity contribution in [2.24, 2.45) is 0 Å². The highest BCUT2D eigenvalue weighted by atomic mass is 19.4. The molecular formula is C26H24F4N4O. The van der Waals surface area contributed by atoms with Gasteiger partial charge in [-0.25, -0.2) is 4.39 Å². The van der Waals surface area contributed by atoms with E-state index in [0.717, 1.165) is 11.6 Å².